The van der Waals surface area contributed by atoms with E-state index in [1.54, 1.807) is 12.4 Å². The summed E-state index contributed by atoms with van der Waals surface area (Å²) in [5.41, 5.74) is 5.53. The van der Waals surface area contributed by atoms with Crippen LogP contribution in [0.15, 0.2) is 79.1 Å². The fourth-order valence-electron chi connectivity index (χ4n) is 4.23. The van der Waals surface area contributed by atoms with E-state index < -0.39 is 0 Å². The van der Waals surface area contributed by atoms with Crippen molar-refractivity contribution in [1.82, 2.24) is 35.6 Å². The molecule has 0 aliphatic heterocycles. The first-order valence-electron chi connectivity index (χ1n) is 12.3. The largest absolute Gasteiger partial charge is 0.352 e. The zero-order valence-electron chi connectivity index (χ0n) is 21.1. The Balaban J connectivity index is 1.62. The van der Waals surface area contributed by atoms with Crippen LogP contribution in [0.1, 0.15) is 25.1 Å². The topological polar surface area (TPSA) is 108 Å². The SMILES string of the molecule is Cc1cncc(Nc2cc(-c3ccccc3-c3nnn[nH]3)nc(N(Cc3ccccc3)CC(C)C)c2)n1. The zero-order chi connectivity index (χ0) is 25.6. The normalized spacial score (nSPS) is 11.0. The summed E-state index contributed by atoms with van der Waals surface area (Å²) in [6.45, 7) is 7.95. The van der Waals surface area contributed by atoms with Crippen LogP contribution in [-0.4, -0.2) is 42.1 Å². The van der Waals surface area contributed by atoms with Crippen LogP contribution in [0.25, 0.3) is 22.6 Å². The second-order valence-corrected chi connectivity index (χ2v) is 9.33. The quantitative estimate of drug-likeness (QED) is 0.281. The summed E-state index contributed by atoms with van der Waals surface area (Å²) in [7, 11) is 0. The first-order chi connectivity index (χ1) is 18.0. The van der Waals surface area contributed by atoms with E-state index in [2.05, 4.69) is 85.0 Å². The third-order valence-electron chi connectivity index (χ3n) is 5.77. The number of H-pyrrole nitrogens is 1. The fraction of sp³-hybridized carbons (Fsp3) is 0.214. The highest BCUT2D eigenvalue weighted by Gasteiger charge is 2.17. The number of hydrogen-bond acceptors (Lipinski definition) is 8. The Kier molecular flexibility index (Phi) is 7.12. The van der Waals surface area contributed by atoms with E-state index in [0.717, 1.165) is 47.1 Å². The Labute approximate surface area is 216 Å². The van der Waals surface area contributed by atoms with Crippen LogP contribution in [0, 0.1) is 12.8 Å². The van der Waals surface area contributed by atoms with Gasteiger partial charge in [0.15, 0.2) is 5.82 Å². The van der Waals surface area contributed by atoms with E-state index in [-0.39, 0.29) is 0 Å². The van der Waals surface area contributed by atoms with Gasteiger partial charge in [-0.3, -0.25) is 4.98 Å². The molecule has 0 unspecified atom stereocenters. The molecule has 0 saturated heterocycles. The highest BCUT2D eigenvalue weighted by molar-refractivity contribution is 5.81. The highest BCUT2D eigenvalue weighted by atomic mass is 15.5. The van der Waals surface area contributed by atoms with Gasteiger partial charge in [-0.25, -0.2) is 15.1 Å². The maximum atomic E-state index is 5.15. The van der Waals surface area contributed by atoms with Crippen LogP contribution in [0.4, 0.5) is 17.3 Å². The first kappa shape index (κ1) is 24.1. The average Bonchev–Trinajstić information content (AvgIpc) is 3.44. The summed E-state index contributed by atoms with van der Waals surface area (Å²) >= 11 is 0. The summed E-state index contributed by atoms with van der Waals surface area (Å²) in [5, 5.41) is 18.0. The van der Waals surface area contributed by atoms with E-state index in [4.69, 9.17) is 4.98 Å². The van der Waals surface area contributed by atoms with Crippen molar-refractivity contribution < 1.29 is 0 Å². The molecule has 0 fully saturated rings. The average molecular weight is 492 g/mol. The molecule has 2 aromatic carbocycles. The van der Waals surface area contributed by atoms with E-state index in [9.17, 15) is 0 Å². The lowest BCUT2D eigenvalue weighted by Gasteiger charge is -2.27. The van der Waals surface area contributed by atoms with Crippen LogP contribution in [0.3, 0.4) is 0 Å². The van der Waals surface area contributed by atoms with Gasteiger partial charge >= 0.3 is 0 Å². The molecule has 2 N–H and O–H groups in total. The van der Waals surface area contributed by atoms with Gasteiger partial charge in [-0.05, 0) is 34.9 Å². The number of pyridine rings is 1. The molecule has 0 atom stereocenters. The standard InChI is InChI=1S/C28H29N9/c1-19(2)17-37(18-21-9-5-4-6-10-21)27-14-22(31-26-16-29-15-20(3)30-26)13-25(32-27)23-11-7-8-12-24(23)28-33-35-36-34-28/h4-16,19H,17-18H2,1-3H3,(H,30,31,32)(H,33,34,35,36). The van der Waals surface area contributed by atoms with Crippen molar-refractivity contribution >= 4 is 17.3 Å². The number of tetrazole rings is 1. The van der Waals surface area contributed by atoms with Crippen molar-refractivity contribution in [1.29, 1.82) is 0 Å². The van der Waals surface area contributed by atoms with E-state index in [1.807, 2.05) is 43.3 Å². The van der Waals surface area contributed by atoms with Gasteiger partial charge in [0.25, 0.3) is 0 Å². The van der Waals surface area contributed by atoms with E-state index in [0.29, 0.717) is 17.6 Å². The molecule has 0 aliphatic rings. The number of aromatic amines is 1. The third kappa shape index (κ3) is 5.95. The van der Waals surface area contributed by atoms with Crippen molar-refractivity contribution in [2.75, 3.05) is 16.8 Å². The van der Waals surface area contributed by atoms with E-state index >= 15 is 0 Å². The number of rotatable bonds is 9. The number of aromatic nitrogens is 7. The second kappa shape index (κ2) is 10.9. The zero-order valence-corrected chi connectivity index (χ0v) is 21.1. The minimum absolute atomic E-state index is 0.445. The van der Waals surface area contributed by atoms with Crippen LogP contribution in [0.2, 0.25) is 0 Å². The van der Waals surface area contributed by atoms with Gasteiger partial charge in [0, 0.05) is 42.2 Å². The van der Waals surface area contributed by atoms with Gasteiger partial charge in [0.1, 0.15) is 11.6 Å². The van der Waals surface area contributed by atoms with Crippen LogP contribution in [-0.2, 0) is 6.54 Å². The lowest BCUT2D eigenvalue weighted by atomic mass is 10.0. The molecular formula is C28H29N9. The molecule has 186 valence electrons. The molecule has 9 nitrogen and oxygen atoms in total. The predicted octanol–water partition coefficient (Wildman–Crippen LogP) is 5.43. The predicted molar refractivity (Wildman–Crippen MR) is 145 cm³/mol. The molecule has 0 spiro atoms. The molecule has 37 heavy (non-hydrogen) atoms. The van der Waals surface area contributed by atoms with Crippen molar-refractivity contribution in [3.63, 3.8) is 0 Å². The number of aryl methyl sites for hydroxylation is 1. The molecule has 9 heteroatoms. The van der Waals surface area contributed by atoms with Crippen molar-refractivity contribution in [2.45, 2.75) is 27.3 Å². The summed E-state index contributed by atoms with van der Waals surface area (Å²) in [5.74, 6) is 2.57. The summed E-state index contributed by atoms with van der Waals surface area (Å²) in [6.07, 6.45) is 3.46. The third-order valence-corrected chi connectivity index (χ3v) is 5.77. The molecule has 0 saturated carbocycles. The summed E-state index contributed by atoms with van der Waals surface area (Å²) in [4.78, 5) is 16.3. The molecule has 3 aromatic heterocycles. The van der Waals surface area contributed by atoms with Crippen molar-refractivity contribution in [3.05, 3.63) is 90.4 Å². The maximum absolute atomic E-state index is 5.15. The summed E-state index contributed by atoms with van der Waals surface area (Å²) in [6, 6.07) is 22.5. The lowest BCUT2D eigenvalue weighted by Crippen LogP contribution is -2.28. The number of anilines is 3. The molecule has 0 bridgehead atoms. The minimum Gasteiger partial charge on any atom is -0.352 e. The van der Waals surface area contributed by atoms with Gasteiger partial charge in [0.05, 0.1) is 17.6 Å². The Morgan fingerprint density at radius 1 is 0.919 bits per heavy atom. The molecule has 3 heterocycles. The van der Waals surface area contributed by atoms with Gasteiger partial charge < -0.3 is 10.2 Å². The molecule has 5 rings (SSSR count). The smallest absolute Gasteiger partial charge is 0.180 e. The lowest BCUT2D eigenvalue weighted by molar-refractivity contribution is 0.605. The van der Waals surface area contributed by atoms with Gasteiger partial charge in [-0.1, -0.05) is 68.4 Å². The Bertz CT molecular complexity index is 1450. The van der Waals surface area contributed by atoms with Gasteiger partial charge in [0.2, 0.25) is 0 Å². The Morgan fingerprint density at radius 2 is 1.70 bits per heavy atom. The molecule has 0 aliphatic carbocycles. The van der Waals surface area contributed by atoms with E-state index in [1.165, 1.54) is 5.56 Å². The highest BCUT2D eigenvalue weighted by Crippen LogP contribution is 2.33. The van der Waals surface area contributed by atoms with Crippen LogP contribution < -0.4 is 10.2 Å². The van der Waals surface area contributed by atoms with Crippen LogP contribution >= 0.6 is 0 Å². The molecule has 0 radical (unpaired) electrons. The maximum Gasteiger partial charge on any atom is 0.180 e. The summed E-state index contributed by atoms with van der Waals surface area (Å²) < 4.78 is 0. The monoisotopic (exact) mass is 491 g/mol. The Hall–Kier alpha value is -4.66. The molecular weight excluding hydrogens is 462 g/mol. The van der Waals surface area contributed by atoms with Crippen molar-refractivity contribution in [3.8, 4) is 22.6 Å². The van der Waals surface area contributed by atoms with Crippen LogP contribution in [0.5, 0.6) is 0 Å². The fourth-order valence-corrected chi connectivity index (χ4v) is 4.23. The molecule has 0 amide bonds. The minimum atomic E-state index is 0.445. The van der Waals surface area contributed by atoms with Gasteiger partial charge in [-0.15, -0.1) is 5.10 Å². The van der Waals surface area contributed by atoms with Gasteiger partial charge in [-0.2, -0.15) is 0 Å². The number of nitrogens with one attached hydrogen (secondary N) is 2. The number of hydrogen-bond donors (Lipinski definition) is 2. The first-order valence-corrected chi connectivity index (χ1v) is 12.3. The van der Waals surface area contributed by atoms with Crippen molar-refractivity contribution in [2.24, 2.45) is 5.92 Å². The number of nitrogens with zero attached hydrogens (tertiary/aromatic N) is 7. The second-order valence-electron chi connectivity index (χ2n) is 9.33. The number of benzene rings is 2. The molecule has 5 aromatic rings. The Morgan fingerprint density at radius 3 is 2.43 bits per heavy atom.